The average molecular weight is 738 g/mol. The lowest BCUT2D eigenvalue weighted by atomic mass is 10.1. The Morgan fingerprint density at radius 3 is 2.35 bits per heavy atom. The first-order chi connectivity index (χ1) is 24.0. The number of carbonyl (C=O) groups is 3. The zero-order valence-electron chi connectivity index (χ0n) is 27.9. The molecule has 276 valence electrons. The number of anilines is 1. The third kappa shape index (κ3) is 11.4. The molecule has 1 saturated heterocycles. The summed E-state index contributed by atoms with van der Waals surface area (Å²) in [6.45, 7) is 3.83. The number of sulfonamides is 1. The summed E-state index contributed by atoms with van der Waals surface area (Å²) in [6.07, 6.45) is -5.39. The van der Waals surface area contributed by atoms with Crippen molar-refractivity contribution < 1.29 is 55.4 Å². The number of rotatable bonds is 15. The number of carbonyl (C=O) groups excluding carboxylic acids is 2. The Hall–Kier alpha value is -4.78. The van der Waals surface area contributed by atoms with Crippen LogP contribution in [0.15, 0.2) is 65.7 Å². The summed E-state index contributed by atoms with van der Waals surface area (Å²) in [5, 5.41) is 16.2. The van der Waals surface area contributed by atoms with Gasteiger partial charge in [0.2, 0.25) is 15.9 Å². The van der Waals surface area contributed by atoms with Crippen molar-refractivity contribution in [3.8, 4) is 0 Å². The fraction of sp³-hybridized carbons (Fsp3) is 0.394. The highest BCUT2D eigenvalue weighted by Crippen LogP contribution is 2.29. The lowest BCUT2D eigenvalue weighted by molar-refractivity contribution is -0.143. The van der Waals surface area contributed by atoms with Crippen molar-refractivity contribution in [3.05, 3.63) is 88.6 Å². The smallest absolute Gasteiger partial charge is 0.480 e. The fourth-order valence-corrected chi connectivity index (χ4v) is 7.11. The minimum atomic E-state index is -4.55. The number of halogens is 3. The lowest BCUT2D eigenvalue weighted by Gasteiger charge is -2.22. The molecule has 0 radical (unpaired) electrons. The van der Waals surface area contributed by atoms with Crippen molar-refractivity contribution >= 4 is 33.9 Å². The number of nitrogens with zero attached hydrogens (tertiary/aromatic N) is 2. The summed E-state index contributed by atoms with van der Waals surface area (Å²) in [5.74, 6) is -2.12. The molecule has 2 heterocycles. The number of alkyl halides is 3. The molecule has 0 saturated carbocycles. The van der Waals surface area contributed by atoms with Gasteiger partial charge in [0.05, 0.1) is 29.1 Å². The number of benzene rings is 2. The second-order valence-corrected chi connectivity index (χ2v) is 13.5. The van der Waals surface area contributed by atoms with Crippen LogP contribution in [-0.2, 0) is 46.7 Å². The van der Waals surface area contributed by atoms with E-state index in [0.717, 1.165) is 17.7 Å². The maximum Gasteiger partial charge on any atom is 0.528 e. The summed E-state index contributed by atoms with van der Waals surface area (Å²) in [4.78, 5) is 46.2. The first-order valence-electron chi connectivity index (χ1n) is 15.7. The molecule has 2 aromatic carbocycles. The molecule has 4 N–H and O–H groups in total. The van der Waals surface area contributed by atoms with Crippen molar-refractivity contribution in [2.75, 3.05) is 31.6 Å². The molecule has 1 aliphatic heterocycles. The van der Waals surface area contributed by atoms with Crippen molar-refractivity contribution in [2.24, 2.45) is 0 Å². The lowest BCUT2D eigenvalue weighted by Crippen LogP contribution is -2.49. The van der Waals surface area contributed by atoms with Crippen LogP contribution in [0.2, 0.25) is 0 Å². The number of aromatic nitrogens is 1. The topological polar surface area (TPSA) is 185 Å². The van der Waals surface area contributed by atoms with Crippen LogP contribution in [0.25, 0.3) is 0 Å². The Balaban J connectivity index is 1.33. The highest BCUT2D eigenvalue weighted by molar-refractivity contribution is 7.89. The van der Waals surface area contributed by atoms with Gasteiger partial charge in [-0.15, -0.1) is 5.06 Å². The number of hydrogen-bond acceptors (Lipinski definition) is 11. The largest absolute Gasteiger partial charge is 0.528 e. The van der Waals surface area contributed by atoms with Gasteiger partial charge in [0.15, 0.2) is 0 Å². The number of ether oxygens (including phenoxy) is 2. The molecule has 4 rings (SSSR count). The monoisotopic (exact) mass is 737 g/mol. The molecule has 3 atom stereocenters. The minimum Gasteiger partial charge on any atom is -0.480 e. The Morgan fingerprint density at radius 1 is 1.06 bits per heavy atom. The normalized spacial score (nSPS) is 17.1. The van der Waals surface area contributed by atoms with Crippen LogP contribution >= 0.6 is 0 Å². The van der Waals surface area contributed by atoms with Crippen molar-refractivity contribution in [1.29, 1.82) is 0 Å². The Labute approximate surface area is 292 Å². The summed E-state index contributed by atoms with van der Waals surface area (Å²) in [5.41, 5.74) is 1.50. The molecule has 0 bridgehead atoms. The molecule has 0 spiro atoms. The maximum atomic E-state index is 13.1. The highest BCUT2D eigenvalue weighted by atomic mass is 32.2. The number of amides is 1. The van der Waals surface area contributed by atoms with E-state index in [0.29, 0.717) is 22.9 Å². The van der Waals surface area contributed by atoms with Crippen LogP contribution in [0, 0.1) is 20.8 Å². The maximum absolute atomic E-state index is 13.1. The number of hydroxylamine groups is 2. The van der Waals surface area contributed by atoms with Gasteiger partial charge in [0.1, 0.15) is 25.1 Å². The van der Waals surface area contributed by atoms with E-state index in [2.05, 4.69) is 20.3 Å². The standard InChI is InChI=1S/C33H38F3N5O9S/c1-20-11-21(2)30(22(3)12-20)51(46,47)40-27(31(43)44)16-39-29(42)19-48-26-13-25(15-38-28-10-9-24(14-37-28)33(34,35)36)41(17-26)50-32(45)49-18-23-7-5-4-6-8-23/h4-12,14,25-27,40H,13,15-19H2,1-3H3,(H,37,38)(H,39,42)(H,43,44). The highest BCUT2D eigenvalue weighted by Gasteiger charge is 2.37. The van der Waals surface area contributed by atoms with E-state index in [1.807, 2.05) is 0 Å². The third-order valence-corrected chi connectivity index (χ3v) is 9.53. The SMILES string of the molecule is Cc1cc(C)c(S(=O)(=O)NC(CNC(=O)COC2CC(CNc3ccc(C(F)(F)F)cn3)N(OC(=O)OCc3ccccc3)C2)C(=O)O)c(C)c1. The number of carboxylic acid groups (broad SMARTS) is 1. The Bertz CT molecular complexity index is 1770. The predicted molar refractivity (Wildman–Crippen MR) is 176 cm³/mol. The van der Waals surface area contributed by atoms with Gasteiger partial charge in [0.25, 0.3) is 0 Å². The van der Waals surface area contributed by atoms with Gasteiger partial charge in [-0.3, -0.25) is 9.59 Å². The molecular weight excluding hydrogens is 699 g/mol. The van der Waals surface area contributed by atoms with Gasteiger partial charge in [0, 0.05) is 19.3 Å². The molecule has 1 fully saturated rings. The third-order valence-electron chi connectivity index (χ3n) is 7.75. The zero-order chi connectivity index (χ0) is 37.3. The average Bonchev–Trinajstić information content (AvgIpc) is 3.44. The van der Waals surface area contributed by atoms with E-state index in [9.17, 15) is 41.1 Å². The summed E-state index contributed by atoms with van der Waals surface area (Å²) >= 11 is 0. The minimum absolute atomic E-state index is 0.0205. The van der Waals surface area contributed by atoms with Gasteiger partial charge in [-0.25, -0.2) is 18.2 Å². The van der Waals surface area contributed by atoms with Gasteiger partial charge < -0.3 is 30.1 Å². The molecule has 1 aromatic heterocycles. The number of pyridine rings is 1. The molecule has 51 heavy (non-hydrogen) atoms. The van der Waals surface area contributed by atoms with Crippen molar-refractivity contribution in [1.82, 2.24) is 20.1 Å². The second-order valence-electron chi connectivity index (χ2n) is 11.9. The molecule has 0 aliphatic carbocycles. The first-order valence-corrected chi connectivity index (χ1v) is 17.1. The summed E-state index contributed by atoms with van der Waals surface area (Å²) < 4.78 is 78.0. The van der Waals surface area contributed by atoms with Gasteiger partial charge in [-0.1, -0.05) is 48.0 Å². The van der Waals surface area contributed by atoms with Crippen LogP contribution in [0.1, 0.15) is 34.2 Å². The van der Waals surface area contributed by atoms with Crippen LogP contribution in [-0.4, -0.2) is 86.0 Å². The molecular formula is C33H38F3N5O9S. The van der Waals surface area contributed by atoms with Crippen LogP contribution in [0.5, 0.6) is 0 Å². The Morgan fingerprint density at radius 2 is 1.75 bits per heavy atom. The summed E-state index contributed by atoms with van der Waals surface area (Å²) in [6, 6.07) is 11.9. The first kappa shape index (κ1) is 39.0. The van der Waals surface area contributed by atoms with Crippen molar-refractivity contribution in [3.63, 3.8) is 0 Å². The van der Waals surface area contributed by atoms with Crippen LogP contribution in [0.4, 0.5) is 23.8 Å². The molecule has 1 amide bonds. The van der Waals surface area contributed by atoms with Gasteiger partial charge in [-0.05, 0) is 56.0 Å². The summed E-state index contributed by atoms with van der Waals surface area (Å²) in [7, 11) is -4.26. The Kier molecular flexibility index (Phi) is 13.0. The van der Waals surface area contributed by atoms with E-state index in [1.54, 1.807) is 63.2 Å². The number of aryl methyl sites for hydroxylation is 3. The molecule has 14 nitrogen and oxygen atoms in total. The van der Waals surface area contributed by atoms with E-state index >= 15 is 0 Å². The molecule has 18 heteroatoms. The molecule has 1 aliphatic rings. The number of hydrogen-bond donors (Lipinski definition) is 4. The van der Waals surface area contributed by atoms with E-state index in [-0.39, 0.29) is 36.8 Å². The molecule has 3 aromatic rings. The van der Waals surface area contributed by atoms with E-state index in [1.165, 1.54) is 5.06 Å². The van der Waals surface area contributed by atoms with E-state index < -0.39 is 71.1 Å². The van der Waals surface area contributed by atoms with Crippen molar-refractivity contribution in [2.45, 2.75) is 63.1 Å². The number of nitrogens with one attached hydrogen (secondary N) is 3. The van der Waals surface area contributed by atoms with Gasteiger partial charge in [-0.2, -0.15) is 17.9 Å². The van der Waals surface area contributed by atoms with Crippen LogP contribution in [0.3, 0.4) is 0 Å². The van der Waals surface area contributed by atoms with E-state index in [4.69, 9.17) is 14.3 Å². The van der Waals surface area contributed by atoms with Crippen LogP contribution < -0.4 is 15.4 Å². The number of carboxylic acids is 1. The molecule has 3 unspecified atom stereocenters. The van der Waals surface area contributed by atoms with Gasteiger partial charge >= 0.3 is 18.3 Å². The quantitative estimate of drug-likeness (QED) is 0.166. The predicted octanol–water partition coefficient (Wildman–Crippen LogP) is 3.71. The number of aliphatic carboxylic acids is 1. The zero-order valence-corrected chi connectivity index (χ0v) is 28.7. The second kappa shape index (κ2) is 17.0. The fourth-order valence-electron chi connectivity index (χ4n) is 5.47.